The highest BCUT2D eigenvalue weighted by atomic mass is 35.5. The average molecular weight is 538 g/mol. The van der Waals surface area contributed by atoms with Gasteiger partial charge in [-0.05, 0) is 74.4 Å². The first-order valence-corrected chi connectivity index (χ1v) is 13.4. The smallest absolute Gasteiger partial charge is 0.298 e. The van der Waals surface area contributed by atoms with E-state index in [1.54, 1.807) is 6.07 Å². The third kappa shape index (κ3) is 5.09. The number of benzene rings is 2. The number of hydrogen-bond acceptors (Lipinski definition) is 6. The lowest BCUT2D eigenvalue weighted by Gasteiger charge is -2.45. The summed E-state index contributed by atoms with van der Waals surface area (Å²) >= 11 is 19.2. The van der Waals surface area contributed by atoms with Crippen molar-refractivity contribution in [1.29, 1.82) is 0 Å². The number of nitrogens with zero attached hydrogens (tertiary/aromatic N) is 3. The Morgan fingerprint density at radius 3 is 2.71 bits per heavy atom. The van der Waals surface area contributed by atoms with Crippen molar-refractivity contribution in [3.63, 3.8) is 0 Å². The van der Waals surface area contributed by atoms with Gasteiger partial charge in [-0.2, -0.15) is 4.98 Å². The van der Waals surface area contributed by atoms with E-state index < -0.39 is 0 Å². The van der Waals surface area contributed by atoms with E-state index in [1.807, 2.05) is 32.0 Å². The minimum absolute atomic E-state index is 0.114. The van der Waals surface area contributed by atoms with Crippen molar-refractivity contribution in [2.24, 2.45) is 11.8 Å². The summed E-state index contributed by atoms with van der Waals surface area (Å²) in [5, 5.41) is 14.6. The minimum atomic E-state index is -0.114. The number of likely N-dealkylation sites (tertiary alicyclic amines) is 1. The number of aliphatic hydroxyl groups excluding tert-OH is 1. The van der Waals surface area contributed by atoms with Gasteiger partial charge in [-0.25, -0.2) is 0 Å². The van der Waals surface area contributed by atoms with E-state index in [4.69, 9.17) is 44.2 Å². The van der Waals surface area contributed by atoms with Crippen molar-refractivity contribution in [1.82, 2.24) is 9.88 Å². The Balaban J connectivity index is 1.34. The second kappa shape index (κ2) is 10.3. The number of hydrogen-bond donors (Lipinski definition) is 2. The first-order valence-electron chi connectivity index (χ1n) is 12.2. The van der Waals surface area contributed by atoms with Crippen LogP contribution in [-0.4, -0.2) is 54.3 Å². The molecule has 2 fully saturated rings. The quantitative estimate of drug-likeness (QED) is 0.363. The predicted octanol–water partition coefficient (Wildman–Crippen LogP) is 6.41. The van der Waals surface area contributed by atoms with Crippen LogP contribution in [0.1, 0.15) is 36.9 Å². The molecule has 0 radical (unpaired) electrons. The van der Waals surface area contributed by atoms with Gasteiger partial charge in [0.1, 0.15) is 5.52 Å². The highest BCUT2D eigenvalue weighted by Gasteiger charge is 2.37. The highest BCUT2D eigenvalue weighted by Crippen LogP contribution is 2.41. The molecule has 9 heteroatoms. The van der Waals surface area contributed by atoms with Crippen LogP contribution in [0.4, 0.5) is 11.7 Å². The Kier molecular flexibility index (Phi) is 7.38. The molecule has 0 saturated carbocycles. The zero-order valence-corrected chi connectivity index (χ0v) is 22.3. The largest absolute Gasteiger partial charge is 0.421 e. The fourth-order valence-electron chi connectivity index (χ4n) is 5.36. The second-order valence-corrected chi connectivity index (χ2v) is 11.1. The van der Waals surface area contributed by atoms with Crippen molar-refractivity contribution < 1.29 is 9.52 Å². The van der Waals surface area contributed by atoms with Crippen LogP contribution in [-0.2, 0) is 0 Å². The first kappa shape index (κ1) is 25.0. The van der Waals surface area contributed by atoms with Crippen LogP contribution < -0.4 is 10.2 Å². The third-order valence-corrected chi connectivity index (χ3v) is 8.43. The summed E-state index contributed by atoms with van der Waals surface area (Å²) in [7, 11) is 0. The summed E-state index contributed by atoms with van der Waals surface area (Å²) in [4.78, 5) is 9.40. The Bertz CT molecular complexity index is 1210. The lowest BCUT2D eigenvalue weighted by atomic mass is 9.81. The van der Waals surface area contributed by atoms with Gasteiger partial charge in [0.15, 0.2) is 5.58 Å². The molecule has 2 N–H and O–H groups in total. The number of oxazole rings is 1. The van der Waals surface area contributed by atoms with Crippen molar-refractivity contribution in [3.8, 4) is 0 Å². The Labute approximate surface area is 221 Å². The summed E-state index contributed by atoms with van der Waals surface area (Å²) in [6.07, 6.45) is 2.45. The first-order chi connectivity index (χ1) is 16.8. The van der Waals surface area contributed by atoms with E-state index in [9.17, 15) is 5.11 Å². The van der Waals surface area contributed by atoms with Gasteiger partial charge in [-0.15, -0.1) is 0 Å². The Morgan fingerprint density at radius 1 is 1.17 bits per heavy atom. The van der Waals surface area contributed by atoms with E-state index in [0.717, 1.165) is 55.1 Å². The van der Waals surface area contributed by atoms with Crippen LogP contribution in [0, 0.1) is 18.8 Å². The number of piperidine rings is 1. The lowest BCUT2D eigenvalue weighted by molar-refractivity contribution is 0.100. The molecule has 0 spiro atoms. The fourth-order valence-corrected chi connectivity index (χ4v) is 6.13. The zero-order chi connectivity index (χ0) is 24.7. The summed E-state index contributed by atoms with van der Waals surface area (Å²) in [5.74, 6) is 1.29. The fraction of sp³-hybridized carbons (Fsp3) is 0.500. The van der Waals surface area contributed by atoms with Gasteiger partial charge in [-0.1, -0.05) is 40.9 Å². The molecule has 188 valence electrons. The molecule has 5 rings (SSSR count). The number of halogens is 3. The second-order valence-electron chi connectivity index (χ2n) is 9.85. The van der Waals surface area contributed by atoms with Crippen molar-refractivity contribution in [2.45, 2.75) is 32.7 Å². The SMILES string of the molecule is Cc1cc2nc(N3CC([C@H]4CCCN(CCO)C4)C3)oc2c(N[C@H](C)c2ccc(Cl)cc2Cl)c1Cl. The number of aliphatic hydroxyl groups is 1. The van der Waals surface area contributed by atoms with Gasteiger partial charge in [-0.3, -0.25) is 0 Å². The van der Waals surface area contributed by atoms with Gasteiger partial charge < -0.3 is 24.6 Å². The Morgan fingerprint density at radius 2 is 1.97 bits per heavy atom. The molecule has 35 heavy (non-hydrogen) atoms. The van der Waals surface area contributed by atoms with Gasteiger partial charge in [0.05, 0.1) is 23.4 Å². The molecule has 3 heterocycles. The molecule has 0 unspecified atom stereocenters. The Hall–Kier alpha value is -1.70. The van der Waals surface area contributed by atoms with Crippen LogP contribution >= 0.6 is 34.8 Å². The normalized spacial score (nSPS) is 20.3. The van der Waals surface area contributed by atoms with E-state index in [0.29, 0.717) is 38.5 Å². The standard InChI is InChI=1S/C26H31Cl3N4O2/c1-15-10-22-25(24(23(15)29)30-16(2)20-6-5-19(27)11-21(20)28)35-26(31-22)33-13-18(14-33)17-4-3-7-32(12-17)8-9-34/h5-6,10-11,16-18,30,34H,3-4,7-9,12-14H2,1-2H3/t16-,17+/m1/s1. The molecule has 3 aromatic rings. The van der Waals surface area contributed by atoms with Crippen LogP contribution in [0.25, 0.3) is 11.1 Å². The number of aromatic nitrogens is 1. The average Bonchev–Trinajstić information content (AvgIpc) is 3.19. The maximum Gasteiger partial charge on any atom is 0.298 e. The molecule has 2 aliphatic rings. The van der Waals surface area contributed by atoms with Crippen LogP contribution in [0.3, 0.4) is 0 Å². The number of fused-ring (bicyclic) bond motifs is 1. The molecule has 1 aromatic heterocycles. The molecule has 2 aliphatic heterocycles. The molecule has 0 amide bonds. The topological polar surface area (TPSA) is 64.8 Å². The van der Waals surface area contributed by atoms with Gasteiger partial charge in [0.2, 0.25) is 0 Å². The molecule has 0 bridgehead atoms. The van der Waals surface area contributed by atoms with E-state index >= 15 is 0 Å². The molecular weight excluding hydrogens is 507 g/mol. The van der Waals surface area contributed by atoms with E-state index in [-0.39, 0.29) is 12.6 Å². The molecule has 6 nitrogen and oxygen atoms in total. The van der Waals surface area contributed by atoms with Gasteiger partial charge in [0.25, 0.3) is 6.01 Å². The summed E-state index contributed by atoms with van der Waals surface area (Å²) in [5.41, 5.74) is 4.03. The summed E-state index contributed by atoms with van der Waals surface area (Å²) in [6.45, 7) is 9.05. The maximum absolute atomic E-state index is 9.28. The van der Waals surface area contributed by atoms with E-state index in [2.05, 4.69) is 15.1 Å². The maximum atomic E-state index is 9.28. The monoisotopic (exact) mass is 536 g/mol. The zero-order valence-electron chi connectivity index (χ0n) is 20.0. The number of rotatable bonds is 7. The summed E-state index contributed by atoms with van der Waals surface area (Å²) in [6, 6.07) is 7.99. The minimum Gasteiger partial charge on any atom is -0.421 e. The van der Waals surface area contributed by atoms with Crippen molar-refractivity contribution in [2.75, 3.05) is 49.5 Å². The van der Waals surface area contributed by atoms with Crippen LogP contribution in [0.5, 0.6) is 0 Å². The number of nitrogens with one attached hydrogen (secondary N) is 1. The highest BCUT2D eigenvalue weighted by molar-refractivity contribution is 6.36. The number of aryl methyl sites for hydroxylation is 1. The van der Waals surface area contributed by atoms with Gasteiger partial charge >= 0.3 is 0 Å². The lowest BCUT2D eigenvalue weighted by Crippen LogP contribution is -2.53. The molecule has 2 aromatic carbocycles. The number of anilines is 2. The third-order valence-electron chi connectivity index (χ3n) is 7.38. The van der Waals surface area contributed by atoms with Crippen LogP contribution in [0.2, 0.25) is 15.1 Å². The number of β-amino-alcohol motifs (C(OH)–C–C–N with tert-alkyl or cyclic N) is 1. The molecule has 2 saturated heterocycles. The molecule has 2 atom stereocenters. The van der Waals surface area contributed by atoms with Crippen molar-refractivity contribution >= 4 is 57.6 Å². The molecule has 0 aliphatic carbocycles. The van der Waals surface area contributed by atoms with Crippen molar-refractivity contribution in [3.05, 3.63) is 50.5 Å². The predicted molar refractivity (Wildman–Crippen MR) is 144 cm³/mol. The molecular formula is C26H31Cl3N4O2. The van der Waals surface area contributed by atoms with E-state index in [1.165, 1.54) is 12.8 Å². The van der Waals surface area contributed by atoms with Gasteiger partial charge in [0, 0.05) is 36.2 Å². The van der Waals surface area contributed by atoms with Crippen LogP contribution in [0.15, 0.2) is 28.7 Å². The summed E-state index contributed by atoms with van der Waals surface area (Å²) < 4.78 is 6.29.